The number of carboxylic acids is 1. The summed E-state index contributed by atoms with van der Waals surface area (Å²) in [6.45, 7) is 0.0798. The number of hydrogen-bond acceptors (Lipinski definition) is 5. The molecule has 0 aliphatic carbocycles. The number of nitrogens with zero attached hydrogens (tertiary/aromatic N) is 2. The summed E-state index contributed by atoms with van der Waals surface area (Å²) in [5.74, 6) is -1.41. The van der Waals surface area contributed by atoms with Crippen LogP contribution in [0.4, 0.5) is 11.4 Å². The Bertz CT molecular complexity index is 597. The van der Waals surface area contributed by atoms with Crippen LogP contribution in [0.25, 0.3) is 6.08 Å². The Balaban J connectivity index is 3.14. The Hall–Kier alpha value is -2.90. The molecule has 1 aromatic rings. The number of carbonyl (C=O) groups is 2. The zero-order valence-corrected chi connectivity index (χ0v) is 11.6. The molecular formula is C13H15N3O5. The van der Waals surface area contributed by atoms with Gasteiger partial charge in [0.25, 0.3) is 5.69 Å². The van der Waals surface area contributed by atoms with Gasteiger partial charge in [0, 0.05) is 31.9 Å². The minimum Gasteiger partial charge on any atom is -0.478 e. The van der Waals surface area contributed by atoms with Crippen molar-refractivity contribution in [1.82, 2.24) is 5.32 Å². The molecule has 2 N–H and O–H groups in total. The number of nitro benzene ring substituents is 1. The fourth-order valence-electron chi connectivity index (χ4n) is 1.63. The molecule has 0 saturated heterocycles. The zero-order valence-electron chi connectivity index (χ0n) is 11.6. The van der Waals surface area contributed by atoms with Crippen LogP contribution in [0.15, 0.2) is 24.3 Å². The number of carbonyl (C=O) groups excluding carboxylic acids is 1. The quantitative estimate of drug-likeness (QED) is 0.457. The SMILES string of the molecule is CNC(=O)CN(C)c1ccc([N+](=O)[O-])c(/C=C/C(=O)O)c1. The van der Waals surface area contributed by atoms with Crippen LogP contribution >= 0.6 is 0 Å². The van der Waals surface area contributed by atoms with Crippen LogP contribution in [0.2, 0.25) is 0 Å². The van der Waals surface area contributed by atoms with Gasteiger partial charge in [-0.15, -0.1) is 0 Å². The molecule has 0 aliphatic rings. The molecule has 0 radical (unpaired) electrons. The normalized spacial score (nSPS) is 10.4. The summed E-state index contributed by atoms with van der Waals surface area (Å²) in [5.41, 5.74) is 0.516. The number of amides is 1. The Morgan fingerprint density at radius 1 is 1.48 bits per heavy atom. The summed E-state index contributed by atoms with van der Waals surface area (Å²) in [6, 6.07) is 4.23. The summed E-state index contributed by atoms with van der Waals surface area (Å²) >= 11 is 0. The molecule has 0 atom stereocenters. The van der Waals surface area contributed by atoms with Gasteiger partial charge in [-0.25, -0.2) is 4.79 Å². The van der Waals surface area contributed by atoms with E-state index in [0.29, 0.717) is 5.69 Å². The van der Waals surface area contributed by atoms with E-state index >= 15 is 0 Å². The van der Waals surface area contributed by atoms with Crippen LogP contribution in [0.1, 0.15) is 5.56 Å². The maximum absolute atomic E-state index is 11.3. The maximum Gasteiger partial charge on any atom is 0.328 e. The molecule has 0 spiro atoms. The first-order chi connectivity index (χ1) is 9.85. The monoisotopic (exact) mass is 293 g/mol. The number of aliphatic carboxylic acids is 1. The second-order valence-electron chi connectivity index (χ2n) is 4.20. The molecule has 0 aliphatic heterocycles. The van der Waals surface area contributed by atoms with Crippen molar-refractivity contribution in [2.75, 3.05) is 25.5 Å². The minimum atomic E-state index is -1.20. The number of anilines is 1. The van der Waals surface area contributed by atoms with Crippen LogP contribution in [-0.4, -0.2) is 42.5 Å². The van der Waals surface area contributed by atoms with Crippen LogP contribution in [0, 0.1) is 10.1 Å². The molecule has 8 heteroatoms. The predicted molar refractivity (Wildman–Crippen MR) is 77.1 cm³/mol. The molecule has 0 bridgehead atoms. The molecule has 112 valence electrons. The molecule has 0 aromatic heterocycles. The van der Waals surface area contributed by atoms with Gasteiger partial charge >= 0.3 is 5.97 Å². The number of benzene rings is 1. The minimum absolute atomic E-state index is 0.0798. The van der Waals surface area contributed by atoms with Crippen LogP contribution in [-0.2, 0) is 9.59 Å². The van der Waals surface area contributed by atoms with E-state index in [-0.39, 0.29) is 23.7 Å². The van der Waals surface area contributed by atoms with E-state index < -0.39 is 10.9 Å². The van der Waals surface area contributed by atoms with Crippen molar-refractivity contribution in [2.45, 2.75) is 0 Å². The third kappa shape index (κ3) is 4.60. The topological polar surface area (TPSA) is 113 Å². The fourth-order valence-corrected chi connectivity index (χ4v) is 1.63. The molecule has 0 heterocycles. The van der Waals surface area contributed by atoms with E-state index in [1.807, 2.05) is 0 Å². The molecule has 0 unspecified atom stereocenters. The molecule has 1 rings (SSSR count). The Morgan fingerprint density at radius 3 is 2.67 bits per heavy atom. The van der Waals surface area contributed by atoms with Gasteiger partial charge in [-0.3, -0.25) is 14.9 Å². The van der Waals surface area contributed by atoms with E-state index in [4.69, 9.17) is 5.11 Å². The molecule has 0 fully saturated rings. The third-order valence-electron chi connectivity index (χ3n) is 2.71. The first kappa shape index (κ1) is 16.2. The lowest BCUT2D eigenvalue weighted by Crippen LogP contribution is -2.32. The summed E-state index contributed by atoms with van der Waals surface area (Å²) in [7, 11) is 3.16. The first-order valence-corrected chi connectivity index (χ1v) is 5.96. The first-order valence-electron chi connectivity index (χ1n) is 5.96. The lowest BCUT2D eigenvalue weighted by atomic mass is 10.1. The highest BCUT2D eigenvalue weighted by Gasteiger charge is 2.14. The number of hydrogen-bond donors (Lipinski definition) is 2. The number of rotatable bonds is 6. The van der Waals surface area contributed by atoms with Crippen LogP contribution < -0.4 is 10.2 Å². The van der Waals surface area contributed by atoms with Crippen molar-refractivity contribution in [3.63, 3.8) is 0 Å². The fraction of sp³-hybridized carbons (Fsp3) is 0.231. The molecule has 1 amide bonds. The lowest BCUT2D eigenvalue weighted by molar-refractivity contribution is -0.385. The van der Waals surface area contributed by atoms with E-state index in [2.05, 4.69) is 5.32 Å². The average Bonchev–Trinajstić information content (AvgIpc) is 2.44. The lowest BCUT2D eigenvalue weighted by Gasteiger charge is -2.18. The van der Waals surface area contributed by atoms with E-state index in [9.17, 15) is 19.7 Å². The largest absolute Gasteiger partial charge is 0.478 e. The summed E-state index contributed by atoms with van der Waals surface area (Å²) in [4.78, 5) is 33.8. The molecule has 0 saturated carbocycles. The smallest absolute Gasteiger partial charge is 0.328 e. The van der Waals surface area contributed by atoms with Gasteiger partial charge in [0.05, 0.1) is 17.0 Å². The maximum atomic E-state index is 11.3. The van der Waals surface area contributed by atoms with Gasteiger partial charge in [0.1, 0.15) is 0 Å². The van der Waals surface area contributed by atoms with Gasteiger partial charge in [-0.05, 0) is 18.2 Å². The number of nitrogens with one attached hydrogen (secondary N) is 1. The predicted octanol–water partition coefficient (Wildman–Crippen LogP) is 0.875. The van der Waals surface area contributed by atoms with Crippen LogP contribution in [0.3, 0.4) is 0 Å². The highest BCUT2D eigenvalue weighted by atomic mass is 16.6. The number of carboxylic acid groups (broad SMARTS) is 1. The van der Waals surface area contributed by atoms with Crippen molar-refractivity contribution in [3.05, 3.63) is 40.0 Å². The van der Waals surface area contributed by atoms with E-state index in [1.165, 1.54) is 25.2 Å². The van der Waals surface area contributed by atoms with Crippen molar-refractivity contribution in [1.29, 1.82) is 0 Å². The third-order valence-corrected chi connectivity index (χ3v) is 2.71. The zero-order chi connectivity index (χ0) is 16.0. The summed E-state index contributed by atoms with van der Waals surface area (Å²) in [6.07, 6.45) is 1.97. The van der Waals surface area contributed by atoms with Crippen LogP contribution in [0.5, 0.6) is 0 Å². The Morgan fingerprint density at radius 2 is 2.14 bits per heavy atom. The highest BCUT2D eigenvalue weighted by Crippen LogP contribution is 2.25. The molecular weight excluding hydrogens is 278 g/mol. The van der Waals surface area contributed by atoms with E-state index in [1.54, 1.807) is 11.9 Å². The van der Waals surface area contributed by atoms with Crippen molar-refractivity contribution >= 4 is 29.3 Å². The molecule has 21 heavy (non-hydrogen) atoms. The summed E-state index contributed by atoms with van der Waals surface area (Å²) < 4.78 is 0. The van der Waals surface area contributed by atoms with Gasteiger partial charge in [0.2, 0.25) is 5.91 Å². The van der Waals surface area contributed by atoms with Gasteiger partial charge < -0.3 is 15.3 Å². The Kier molecular flexibility index (Phi) is 5.41. The van der Waals surface area contributed by atoms with Crippen molar-refractivity contribution in [3.8, 4) is 0 Å². The highest BCUT2D eigenvalue weighted by molar-refractivity contribution is 5.87. The van der Waals surface area contributed by atoms with Crippen molar-refractivity contribution < 1.29 is 19.6 Å². The van der Waals surface area contributed by atoms with E-state index in [0.717, 1.165) is 12.2 Å². The van der Waals surface area contributed by atoms with Gasteiger partial charge in [-0.2, -0.15) is 0 Å². The molecule has 1 aromatic carbocycles. The second-order valence-corrected chi connectivity index (χ2v) is 4.20. The van der Waals surface area contributed by atoms with Gasteiger partial charge in [0.15, 0.2) is 0 Å². The second kappa shape index (κ2) is 7.04. The number of likely N-dealkylation sites (N-methyl/N-ethyl adjacent to an activating group) is 2. The number of nitro groups is 1. The summed E-state index contributed by atoms with van der Waals surface area (Å²) in [5, 5.41) is 22.0. The standard InChI is InChI=1S/C13H15N3O5/c1-14-12(17)8-15(2)10-4-5-11(16(20)21)9(7-10)3-6-13(18)19/h3-7H,8H2,1-2H3,(H,14,17)(H,18,19)/b6-3+. The average molecular weight is 293 g/mol. The van der Waals surface area contributed by atoms with Crippen molar-refractivity contribution in [2.24, 2.45) is 0 Å². The van der Waals surface area contributed by atoms with Gasteiger partial charge in [-0.1, -0.05) is 0 Å². The Labute approximate surface area is 120 Å². The molecule has 8 nitrogen and oxygen atoms in total.